The first-order valence-electron chi connectivity index (χ1n) is 11.0. The molecule has 9 heteroatoms. The van der Waals surface area contributed by atoms with Crippen LogP contribution in [0.1, 0.15) is 57.7 Å². The molecule has 2 aromatic carbocycles. The molecular formula is C25H26N6O3. The van der Waals surface area contributed by atoms with Crippen molar-refractivity contribution < 1.29 is 9.59 Å². The van der Waals surface area contributed by atoms with E-state index >= 15 is 0 Å². The Kier molecular flexibility index (Phi) is 6.27. The number of hydrogen-bond donors (Lipinski definition) is 2. The van der Waals surface area contributed by atoms with Crippen LogP contribution in [0.5, 0.6) is 0 Å². The zero-order valence-corrected chi connectivity index (χ0v) is 19.5. The van der Waals surface area contributed by atoms with Crippen LogP contribution in [0.3, 0.4) is 0 Å². The summed E-state index contributed by atoms with van der Waals surface area (Å²) < 4.78 is 3.14. The Balaban J connectivity index is 1.52. The Morgan fingerprint density at radius 1 is 0.912 bits per heavy atom. The number of carbonyl (C=O) groups is 2. The summed E-state index contributed by atoms with van der Waals surface area (Å²) in [6, 6.07) is 15.7. The Bertz CT molecular complexity index is 1450. The summed E-state index contributed by atoms with van der Waals surface area (Å²) in [6.45, 7) is 8.06. The maximum atomic E-state index is 12.9. The van der Waals surface area contributed by atoms with Crippen LogP contribution in [0, 0.1) is 13.8 Å². The molecule has 4 aromatic rings. The van der Waals surface area contributed by atoms with Crippen LogP contribution in [0.25, 0.3) is 10.8 Å². The molecule has 0 radical (unpaired) electrons. The van der Waals surface area contributed by atoms with Crippen LogP contribution in [0.4, 0.5) is 0 Å². The topological polar surface area (TPSA) is 111 Å². The standard InChI is InChI=1S/C25H26N6O3/c1-15(2)31-25(34)21-11-6-5-10-20(21)22(29-31)24(33)27-26-23(32)19-9-7-8-18(13-19)14-30-17(4)12-16(3)28-30/h5-13,15H,14H2,1-4H3,(H,26,32)(H,27,33). The molecule has 0 bridgehead atoms. The summed E-state index contributed by atoms with van der Waals surface area (Å²) in [7, 11) is 0. The maximum Gasteiger partial charge on any atom is 0.290 e. The van der Waals surface area contributed by atoms with Gasteiger partial charge in [0.25, 0.3) is 17.4 Å². The lowest BCUT2D eigenvalue weighted by molar-refractivity contribution is 0.0843. The average Bonchev–Trinajstić information content (AvgIpc) is 3.13. The minimum atomic E-state index is -0.613. The van der Waals surface area contributed by atoms with Gasteiger partial charge in [0.1, 0.15) is 0 Å². The van der Waals surface area contributed by atoms with Crippen molar-refractivity contribution >= 4 is 22.6 Å². The fraction of sp³-hybridized carbons (Fsp3) is 0.240. The van der Waals surface area contributed by atoms with Gasteiger partial charge < -0.3 is 0 Å². The van der Waals surface area contributed by atoms with E-state index in [1.807, 2.05) is 44.5 Å². The van der Waals surface area contributed by atoms with E-state index in [4.69, 9.17) is 0 Å². The van der Waals surface area contributed by atoms with Crippen LogP contribution in [0.2, 0.25) is 0 Å². The third-order valence-electron chi connectivity index (χ3n) is 5.45. The molecule has 0 spiro atoms. The van der Waals surface area contributed by atoms with Gasteiger partial charge in [-0.3, -0.25) is 29.9 Å². The number of rotatable bonds is 5. The molecule has 0 unspecified atom stereocenters. The molecule has 2 heterocycles. The molecule has 0 saturated carbocycles. The SMILES string of the molecule is Cc1cc(C)n(Cc2cccc(C(=O)NNC(=O)c3nn(C(C)C)c(=O)c4ccccc34)c2)n1. The summed E-state index contributed by atoms with van der Waals surface area (Å²) in [5, 5.41) is 9.51. The lowest BCUT2D eigenvalue weighted by Gasteiger charge is -2.14. The number of fused-ring (bicyclic) bond motifs is 1. The summed E-state index contributed by atoms with van der Waals surface area (Å²) in [5.41, 5.74) is 7.91. The Hall–Kier alpha value is -4.27. The molecule has 0 aliphatic heterocycles. The van der Waals surface area contributed by atoms with E-state index in [1.165, 1.54) is 4.68 Å². The van der Waals surface area contributed by atoms with Gasteiger partial charge in [-0.05, 0) is 57.5 Å². The quantitative estimate of drug-likeness (QED) is 0.447. The fourth-order valence-corrected chi connectivity index (χ4v) is 3.79. The van der Waals surface area contributed by atoms with Gasteiger partial charge in [0.15, 0.2) is 5.69 Å². The first kappa shape index (κ1) is 22.9. The largest absolute Gasteiger partial charge is 0.290 e. The third kappa shape index (κ3) is 4.59. The molecule has 2 N–H and O–H groups in total. The summed E-state index contributed by atoms with van der Waals surface area (Å²) in [5.74, 6) is -1.08. The highest BCUT2D eigenvalue weighted by molar-refractivity contribution is 6.06. The van der Waals surface area contributed by atoms with Crippen molar-refractivity contribution in [2.45, 2.75) is 40.3 Å². The predicted octanol–water partition coefficient (Wildman–Crippen LogP) is 2.91. The summed E-state index contributed by atoms with van der Waals surface area (Å²) >= 11 is 0. The lowest BCUT2D eigenvalue weighted by Crippen LogP contribution is -2.43. The molecule has 0 aliphatic rings. The lowest BCUT2D eigenvalue weighted by atomic mass is 10.1. The van der Waals surface area contributed by atoms with E-state index in [9.17, 15) is 14.4 Å². The average molecular weight is 459 g/mol. The van der Waals surface area contributed by atoms with Gasteiger partial charge in [-0.25, -0.2) is 4.68 Å². The Labute approximate surface area is 196 Å². The van der Waals surface area contributed by atoms with E-state index in [2.05, 4.69) is 21.0 Å². The van der Waals surface area contributed by atoms with Crippen molar-refractivity contribution in [3.8, 4) is 0 Å². The zero-order valence-electron chi connectivity index (χ0n) is 19.5. The molecule has 0 fully saturated rings. The molecule has 174 valence electrons. The maximum absolute atomic E-state index is 12.9. The van der Waals surface area contributed by atoms with E-state index < -0.39 is 11.8 Å². The number of benzene rings is 2. The van der Waals surface area contributed by atoms with Crippen molar-refractivity contribution in [3.05, 3.63) is 93.2 Å². The second-order valence-corrected chi connectivity index (χ2v) is 8.43. The second kappa shape index (κ2) is 9.30. The van der Waals surface area contributed by atoms with Crippen molar-refractivity contribution in [2.24, 2.45) is 0 Å². The molecule has 2 amide bonds. The molecular weight excluding hydrogens is 432 g/mol. The van der Waals surface area contributed by atoms with Gasteiger partial charge in [0.05, 0.1) is 23.7 Å². The normalized spacial score (nSPS) is 11.1. The van der Waals surface area contributed by atoms with Gasteiger partial charge in [-0.1, -0.05) is 30.3 Å². The molecule has 9 nitrogen and oxygen atoms in total. The number of carbonyl (C=O) groups excluding carboxylic acids is 2. The van der Waals surface area contributed by atoms with Crippen molar-refractivity contribution in [1.82, 2.24) is 30.4 Å². The van der Waals surface area contributed by atoms with E-state index in [-0.39, 0.29) is 17.3 Å². The van der Waals surface area contributed by atoms with Gasteiger partial charge in [-0.15, -0.1) is 0 Å². The van der Waals surface area contributed by atoms with Crippen LogP contribution < -0.4 is 16.4 Å². The third-order valence-corrected chi connectivity index (χ3v) is 5.45. The highest BCUT2D eigenvalue weighted by atomic mass is 16.2. The highest BCUT2D eigenvalue weighted by Gasteiger charge is 2.18. The minimum Gasteiger partial charge on any atom is -0.267 e. The van der Waals surface area contributed by atoms with Gasteiger partial charge in [0.2, 0.25) is 0 Å². The molecule has 2 aromatic heterocycles. The number of hydrazine groups is 1. The smallest absolute Gasteiger partial charge is 0.267 e. The minimum absolute atomic E-state index is 0.0578. The first-order chi connectivity index (χ1) is 16.2. The number of aryl methyl sites for hydroxylation is 2. The zero-order chi connectivity index (χ0) is 24.4. The van der Waals surface area contributed by atoms with Crippen molar-refractivity contribution in [2.75, 3.05) is 0 Å². The summed E-state index contributed by atoms with van der Waals surface area (Å²) in [4.78, 5) is 38.3. The molecule has 34 heavy (non-hydrogen) atoms. The van der Waals surface area contributed by atoms with Gasteiger partial charge >= 0.3 is 0 Å². The van der Waals surface area contributed by atoms with Crippen LogP contribution >= 0.6 is 0 Å². The van der Waals surface area contributed by atoms with E-state index in [1.54, 1.807) is 42.5 Å². The van der Waals surface area contributed by atoms with Crippen LogP contribution in [0.15, 0.2) is 59.4 Å². The Morgan fingerprint density at radius 3 is 2.29 bits per heavy atom. The van der Waals surface area contributed by atoms with Crippen LogP contribution in [-0.4, -0.2) is 31.4 Å². The summed E-state index contributed by atoms with van der Waals surface area (Å²) in [6.07, 6.45) is 0. The number of aromatic nitrogens is 4. The van der Waals surface area contributed by atoms with Crippen molar-refractivity contribution in [3.63, 3.8) is 0 Å². The van der Waals surface area contributed by atoms with E-state index in [0.29, 0.717) is 22.9 Å². The van der Waals surface area contributed by atoms with E-state index in [0.717, 1.165) is 17.0 Å². The van der Waals surface area contributed by atoms with Gasteiger partial charge in [-0.2, -0.15) is 10.2 Å². The number of amides is 2. The number of nitrogens with one attached hydrogen (secondary N) is 2. The second-order valence-electron chi connectivity index (χ2n) is 8.43. The fourth-order valence-electron chi connectivity index (χ4n) is 3.79. The highest BCUT2D eigenvalue weighted by Crippen LogP contribution is 2.15. The van der Waals surface area contributed by atoms with Crippen molar-refractivity contribution in [1.29, 1.82) is 0 Å². The number of nitrogens with zero attached hydrogens (tertiary/aromatic N) is 4. The monoisotopic (exact) mass is 458 g/mol. The molecule has 0 saturated heterocycles. The molecule has 0 aliphatic carbocycles. The Morgan fingerprint density at radius 2 is 1.62 bits per heavy atom. The molecule has 4 rings (SSSR count). The van der Waals surface area contributed by atoms with Gasteiger partial charge in [0, 0.05) is 16.6 Å². The van der Waals surface area contributed by atoms with Crippen LogP contribution in [-0.2, 0) is 6.54 Å². The molecule has 0 atom stereocenters. The first-order valence-corrected chi connectivity index (χ1v) is 11.0. The predicted molar refractivity (Wildman–Crippen MR) is 129 cm³/mol. The number of hydrogen-bond acceptors (Lipinski definition) is 5.